The largest absolute Gasteiger partial charge is 0.425 e. The maximum absolute atomic E-state index is 15.4. The molecule has 0 aliphatic heterocycles. The monoisotopic (exact) mass is 636 g/mol. The van der Waals surface area contributed by atoms with Crippen LogP contribution in [-0.4, -0.2) is 92.4 Å². The lowest BCUT2D eigenvalue weighted by Crippen LogP contribution is -3.11. The van der Waals surface area contributed by atoms with Crippen molar-refractivity contribution in [3.8, 4) is 0 Å². The van der Waals surface area contributed by atoms with Crippen LogP contribution in [0.25, 0.3) is 0 Å². The minimum atomic E-state index is -9.16. The van der Waals surface area contributed by atoms with Gasteiger partial charge in [-0.2, -0.15) is 79.0 Å². The Hall–Kier alpha value is -1.66. The van der Waals surface area contributed by atoms with Crippen molar-refractivity contribution in [2.24, 2.45) is 0 Å². The van der Waals surface area contributed by atoms with Crippen LogP contribution in [-0.2, 0) is 4.74 Å². The van der Waals surface area contributed by atoms with Crippen LogP contribution in [0.4, 0.5) is 96.6 Å². The zero-order chi connectivity index (χ0) is 31.7. The molecule has 230 valence electrons. The lowest BCUT2D eigenvalue weighted by molar-refractivity contribution is -0.637. The van der Waals surface area contributed by atoms with Gasteiger partial charge in [-0.15, -0.1) is 0 Å². The molecule has 2 N–H and O–H groups in total. The summed E-state index contributed by atoms with van der Waals surface area (Å²) in [5.74, 6) is -52.0. The summed E-state index contributed by atoms with van der Waals surface area (Å²) in [5.41, 5.74) is -44.5. The van der Waals surface area contributed by atoms with Crippen molar-refractivity contribution >= 4 is 0 Å². The molecule has 4 saturated carbocycles. The van der Waals surface area contributed by atoms with E-state index in [1.165, 1.54) is 4.74 Å². The average Bonchev–Trinajstić information content (AvgIpc) is 2.69. The van der Waals surface area contributed by atoms with Gasteiger partial charge >= 0.3 is 65.2 Å². The van der Waals surface area contributed by atoms with Gasteiger partial charge < -0.3 is 10.2 Å². The Morgan fingerprint density at radius 1 is 0.410 bits per heavy atom. The molecule has 25 heteroatoms. The Bertz CT molecular complexity index is 997. The number of ether oxygens (including phenoxy) is 1. The molecule has 0 aromatic heterocycles. The standard InChI is InChI=1S/C14H2F22O3/c15-1-5(12(30,31)32,39-14(35,36)11(29,37)13(33,34)38)2(16)8(23,24)3(17,6(1,19)20)10(27,28)4(18,7(1,21)22)9(2,25)26/h37-38H. The fraction of sp³-hybridized carbons (Fsp3) is 1.00. The van der Waals surface area contributed by atoms with Crippen molar-refractivity contribution in [1.29, 1.82) is 0 Å². The van der Waals surface area contributed by atoms with Gasteiger partial charge in [-0.25, -0.2) is 17.6 Å². The highest BCUT2D eigenvalue weighted by Crippen LogP contribution is 2.90. The van der Waals surface area contributed by atoms with Crippen molar-refractivity contribution in [2.45, 2.75) is 82.1 Å². The molecule has 0 amide bonds. The van der Waals surface area contributed by atoms with Gasteiger partial charge in [0, 0.05) is 0 Å². The van der Waals surface area contributed by atoms with Gasteiger partial charge in [0.15, 0.2) is 0 Å². The highest BCUT2D eigenvalue weighted by atomic mass is 19.4. The Morgan fingerprint density at radius 2 is 0.641 bits per heavy atom. The molecule has 0 spiro atoms. The summed E-state index contributed by atoms with van der Waals surface area (Å²) in [7, 11) is 0. The van der Waals surface area contributed by atoms with Gasteiger partial charge in [-0.05, 0) is 0 Å². The summed E-state index contributed by atoms with van der Waals surface area (Å²) >= 11 is 0. The predicted molar refractivity (Wildman–Crippen MR) is 68.1 cm³/mol. The Labute approximate surface area is 195 Å². The molecule has 0 aromatic rings. The molecule has 3 nitrogen and oxygen atoms in total. The molecule has 4 bridgehead atoms. The molecule has 4 aliphatic carbocycles. The van der Waals surface area contributed by atoms with Gasteiger partial charge in [-0.1, -0.05) is 0 Å². The second-order valence-corrected chi connectivity index (χ2v) is 8.47. The summed E-state index contributed by atoms with van der Waals surface area (Å²) in [6.45, 7) is 0. The summed E-state index contributed by atoms with van der Waals surface area (Å²) in [6.07, 6.45) is -24.8. The third-order valence-corrected chi connectivity index (χ3v) is 6.76. The smallest absolute Gasteiger partial charge is 0.348 e. The second-order valence-electron chi connectivity index (χ2n) is 8.47. The van der Waals surface area contributed by atoms with Crippen LogP contribution in [0.5, 0.6) is 0 Å². The van der Waals surface area contributed by atoms with Crippen molar-refractivity contribution in [1.82, 2.24) is 0 Å². The topological polar surface area (TPSA) is 49.7 Å². The maximum Gasteiger partial charge on any atom is 0.425 e. The second kappa shape index (κ2) is 6.53. The van der Waals surface area contributed by atoms with Crippen LogP contribution in [0.2, 0.25) is 0 Å². The van der Waals surface area contributed by atoms with E-state index in [9.17, 15) is 87.8 Å². The van der Waals surface area contributed by atoms with Gasteiger partial charge in [-0.3, -0.25) is 4.74 Å². The van der Waals surface area contributed by atoms with Crippen LogP contribution in [0.1, 0.15) is 0 Å². The van der Waals surface area contributed by atoms with E-state index in [4.69, 9.17) is 10.2 Å². The van der Waals surface area contributed by atoms with E-state index in [0.717, 1.165) is 0 Å². The molecular weight excluding hydrogens is 634 g/mol. The summed E-state index contributed by atoms with van der Waals surface area (Å²) in [5, 5.41) is 16.2. The Balaban J connectivity index is 2.75. The number of alkyl halides is 22. The SMILES string of the molecule is OC(F)(F)C(O)(F)C(F)(F)OC1(C(F)(F)F)C2(F)C(F)(F)C3(F)C(F)(F)C(F)(C2(F)F)C(F)(F)C1(F)C3(F)F. The van der Waals surface area contributed by atoms with Crippen LogP contribution in [0.3, 0.4) is 0 Å². The summed E-state index contributed by atoms with van der Waals surface area (Å²) in [4.78, 5) is 0. The normalized spacial score (nSPS) is 45.2. The van der Waals surface area contributed by atoms with E-state index in [2.05, 4.69) is 0 Å². The van der Waals surface area contributed by atoms with E-state index in [0.29, 0.717) is 0 Å². The number of halogens is 22. The van der Waals surface area contributed by atoms with Crippen molar-refractivity contribution < 1.29 is 112 Å². The fourth-order valence-electron chi connectivity index (χ4n) is 4.91. The molecule has 4 fully saturated rings. The van der Waals surface area contributed by atoms with E-state index in [1.807, 2.05) is 0 Å². The first-order valence-corrected chi connectivity index (χ1v) is 8.76. The zero-order valence-corrected chi connectivity index (χ0v) is 16.6. The third-order valence-electron chi connectivity index (χ3n) is 6.76. The van der Waals surface area contributed by atoms with E-state index in [-0.39, 0.29) is 0 Å². The third kappa shape index (κ3) is 2.21. The van der Waals surface area contributed by atoms with Crippen molar-refractivity contribution in [3.05, 3.63) is 0 Å². The zero-order valence-electron chi connectivity index (χ0n) is 16.6. The first-order chi connectivity index (χ1) is 16.5. The molecule has 0 aromatic carbocycles. The first-order valence-electron chi connectivity index (χ1n) is 8.76. The molecule has 4 aliphatic rings. The molecule has 0 heterocycles. The van der Waals surface area contributed by atoms with Crippen LogP contribution >= 0.6 is 0 Å². The number of hydrogen-bond donors (Lipinski definition) is 2. The molecular formula is C14H2F22O3. The van der Waals surface area contributed by atoms with Gasteiger partial charge in [0.2, 0.25) is 0 Å². The number of rotatable bonds is 4. The molecule has 1 unspecified atom stereocenters. The van der Waals surface area contributed by atoms with Crippen LogP contribution < -0.4 is 0 Å². The summed E-state index contributed by atoms with van der Waals surface area (Å²) < 4.78 is 314. The molecule has 0 saturated heterocycles. The molecule has 1 atom stereocenters. The maximum atomic E-state index is 15.4. The van der Waals surface area contributed by atoms with E-state index >= 15 is 8.78 Å². The highest BCUT2D eigenvalue weighted by Gasteiger charge is 3.25. The quantitative estimate of drug-likeness (QED) is 0.418. The minimum absolute atomic E-state index is 1.39. The van der Waals surface area contributed by atoms with Crippen LogP contribution in [0.15, 0.2) is 0 Å². The van der Waals surface area contributed by atoms with Crippen LogP contribution in [0, 0.1) is 0 Å². The summed E-state index contributed by atoms with van der Waals surface area (Å²) in [6, 6.07) is 0. The van der Waals surface area contributed by atoms with Gasteiger partial charge in [0.05, 0.1) is 0 Å². The number of aliphatic hydroxyl groups is 2. The Kier molecular flexibility index (Phi) is 5.34. The lowest BCUT2D eigenvalue weighted by Gasteiger charge is -2.76. The predicted octanol–water partition coefficient (Wildman–Crippen LogP) is 5.19. The lowest BCUT2D eigenvalue weighted by atomic mass is 9.37. The van der Waals surface area contributed by atoms with Gasteiger partial charge in [0.1, 0.15) is 0 Å². The van der Waals surface area contributed by atoms with Crippen molar-refractivity contribution in [2.75, 3.05) is 0 Å². The first kappa shape index (κ1) is 31.9. The van der Waals surface area contributed by atoms with E-state index < -0.39 is 82.1 Å². The fourth-order valence-corrected chi connectivity index (χ4v) is 4.91. The van der Waals surface area contributed by atoms with Gasteiger partial charge in [0.25, 0.3) is 16.9 Å². The molecule has 39 heavy (non-hydrogen) atoms. The van der Waals surface area contributed by atoms with E-state index in [1.54, 1.807) is 0 Å². The minimum Gasteiger partial charge on any atom is -0.348 e. The number of hydrogen-bond acceptors (Lipinski definition) is 3. The average molecular weight is 636 g/mol. The van der Waals surface area contributed by atoms with Crippen molar-refractivity contribution in [3.63, 3.8) is 0 Å². The molecule has 4 rings (SSSR count). The molecule has 0 radical (unpaired) electrons. The highest BCUT2D eigenvalue weighted by molar-refractivity contribution is 5.56. The Morgan fingerprint density at radius 3 is 0.846 bits per heavy atom.